The largest absolute Gasteiger partial charge is 0.372 e. The van der Waals surface area contributed by atoms with Gasteiger partial charge in [-0.25, -0.2) is 0 Å². The van der Waals surface area contributed by atoms with Crippen LogP contribution >= 0.6 is 12.2 Å². The lowest BCUT2D eigenvalue weighted by Gasteiger charge is -2.11. The van der Waals surface area contributed by atoms with Crippen molar-refractivity contribution < 1.29 is 4.79 Å². The van der Waals surface area contributed by atoms with Crippen LogP contribution in [0.1, 0.15) is 19.8 Å². The van der Waals surface area contributed by atoms with Gasteiger partial charge in [-0.3, -0.25) is 4.79 Å². The summed E-state index contributed by atoms with van der Waals surface area (Å²) in [6, 6.07) is 0. The highest BCUT2D eigenvalue weighted by Crippen LogP contribution is 1.94. The third-order valence-corrected chi connectivity index (χ3v) is 1.75. The number of nitrogens with zero attached hydrogens (tertiary/aromatic N) is 1. The van der Waals surface area contributed by atoms with Crippen LogP contribution in [0.4, 0.5) is 0 Å². The molecule has 58 valence electrons. The van der Waals surface area contributed by atoms with E-state index in [1.54, 1.807) is 4.90 Å². The maximum atomic E-state index is 10.8. The van der Waals surface area contributed by atoms with E-state index in [4.69, 9.17) is 12.2 Å². The zero-order chi connectivity index (χ0) is 8.15. The monoisotopic (exact) mass is 159 g/mol. The summed E-state index contributed by atoms with van der Waals surface area (Å²) in [4.78, 5) is 13.3. The Balaban J connectivity index is 3.69. The van der Waals surface area contributed by atoms with Crippen LogP contribution < -0.4 is 0 Å². The Morgan fingerprint density at radius 2 is 2.00 bits per heavy atom. The fourth-order valence-corrected chi connectivity index (χ4v) is 0.613. The zero-order valence-corrected chi connectivity index (χ0v) is 7.49. The SMILES string of the molecule is CCC(=O)CC(=S)N(C)C. The summed E-state index contributed by atoms with van der Waals surface area (Å²) >= 11 is 4.93. The molecule has 0 amide bonds. The number of rotatable bonds is 3. The molecule has 0 spiro atoms. The molecule has 0 aliphatic heterocycles. The lowest BCUT2D eigenvalue weighted by Crippen LogP contribution is -2.22. The van der Waals surface area contributed by atoms with Gasteiger partial charge >= 0.3 is 0 Å². The molecule has 0 aromatic heterocycles. The highest BCUT2D eigenvalue weighted by molar-refractivity contribution is 7.80. The molecule has 0 radical (unpaired) electrons. The minimum Gasteiger partial charge on any atom is -0.372 e. The average Bonchev–Trinajstić information content (AvgIpc) is 1.87. The lowest BCUT2D eigenvalue weighted by molar-refractivity contribution is -0.117. The first kappa shape index (κ1) is 9.56. The Bertz CT molecular complexity index is 143. The first-order valence-electron chi connectivity index (χ1n) is 3.29. The number of ketones is 1. The molecule has 0 saturated carbocycles. The smallest absolute Gasteiger partial charge is 0.139 e. The van der Waals surface area contributed by atoms with Gasteiger partial charge in [-0.1, -0.05) is 19.1 Å². The highest BCUT2D eigenvalue weighted by atomic mass is 32.1. The van der Waals surface area contributed by atoms with Gasteiger partial charge in [-0.05, 0) is 0 Å². The van der Waals surface area contributed by atoms with E-state index in [0.29, 0.717) is 17.8 Å². The quantitative estimate of drug-likeness (QED) is 0.578. The molecule has 0 aliphatic rings. The first-order valence-corrected chi connectivity index (χ1v) is 3.70. The summed E-state index contributed by atoms with van der Waals surface area (Å²) < 4.78 is 0. The summed E-state index contributed by atoms with van der Waals surface area (Å²) in [5.41, 5.74) is 0. The summed E-state index contributed by atoms with van der Waals surface area (Å²) in [6.07, 6.45) is 0.993. The molecule has 3 heteroatoms. The number of hydrogen-bond donors (Lipinski definition) is 0. The topological polar surface area (TPSA) is 20.3 Å². The molecular formula is C7H13NOS. The molecule has 0 bridgehead atoms. The van der Waals surface area contributed by atoms with E-state index < -0.39 is 0 Å². The van der Waals surface area contributed by atoms with Gasteiger partial charge < -0.3 is 4.90 Å². The summed E-state index contributed by atoms with van der Waals surface area (Å²) in [5.74, 6) is 0.207. The molecule has 0 aromatic carbocycles. The van der Waals surface area contributed by atoms with Gasteiger partial charge in [0.25, 0.3) is 0 Å². The average molecular weight is 159 g/mol. The van der Waals surface area contributed by atoms with Crippen LogP contribution in [0.25, 0.3) is 0 Å². The molecule has 0 atom stereocenters. The maximum Gasteiger partial charge on any atom is 0.139 e. The van der Waals surface area contributed by atoms with Crippen LogP contribution in [0.3, 0.4) is 0 Å². The van der Waals surface area contributed by atoms with E-state index in [2.05, 4.69) is 0 Å². The molecule has 0 fully saturated rings. The molecule has 0 aliphatic carbocycles. The lowest BCUT2D eigenvalue weighted by atomic mass is 10.2. The molecule has 0 saturated heterocycles. The van der Waals surface area contributed by atoms with Crippen molar-refractivity contribution in [2.45, 2.75) is 19.8 Å². The van der Waals surface area contributed by atoms with E-state index in [1.807, 2.05) is 21.0 Å². The van der Waals surface area contributed by atoms with E-state index in [0.717, 1.165) is 0 Å². The van der Waals surface area contributed by atoms with E-state index >= 15 is 0 Å². The molecule has 10 heavy (non-hydrogen) atoms. The van der Waals surface area contributed by atoms with Crippen LogP contribution in [0, 0.1) is 0 Å². The second kappa shape index (κ2) is 4.39. The number of hydrogen-bond acceptors (Lipinski definition) is 2. The van der Waals surface area contributed by atoms with Crippen LogP contribution in [-0.2, 0) is 4.79 Å². The third kappa shape index (κ3) is 3.56. The van der Waals surface area contributed by atoms with E-state index in [-0.39, 0.29) is 5.78 Å². The predicted octanol–water partition coefficient (Wildman–Crippen LogP) is 1.24. The Morgan fingerprint density at radius 1 is 1.50 bits per heavy atom. The van der Waals surface area contributed by atoms with Gasteiger partial charge in [-0.2, -0.15) is 0 Å². The minimum absolute atomic E-state index is 0.207. The second-order valence-electron chi connectivity index (χ2n) is 2.36. The molecular weight excluding hydrogens is 146 g/mol. The van der Waals surface area contributed by atoms with E-state index in [1.165, 1.54) is 0 Å². The normalized spacial score (nSPS) is 9.10. The van der Waals surface area contributed by atoms with E-state index in [9.17, 15) is 4.79 Å². The predicted molar refractivity (Wildman–Crippen MR) is 46.2 cm³/mol. The number of Topliss-reactive ketones (excluding diaryl/α,β-unsaturated/α-hetero) is 1. The van der Waals surface area contributed by atoms with Crippen molar-refractivity contribution in [3.63, 3.8) is 0 Å². The van der Waals surface area contributed by atoms with Crippen LogP contribution in [-0.4, -0.2) is 29.8 Å². The van der Waals surface area contributed by atoms with Crippen LogP contribution in [0.2, 0.25) is 0 Å². The Kier molecular flexibility index (Phi) is 4.19. The third-order valence-electron chi connectivity index (χ3n) is 1.24. The molecule has 0 aromatic rings. The zero-order valence-electron chi connectivity index (χ0n) is 6.68. The second-order valence-corrected chi connectivity index (χ2v) is 2.83. The fourth-order valence-electron chi connectivity index (χ4n) is 0.452. The molecule has 0 rings (SSSR count). The Hall–Kier alpha value is -0.440. The van der Waals surface area contributed by atoms with Crippen LogP contribution in [0.5, 0.6) is 0 Å². The fraction of sp³-hybridized carbons (Fsp3) is 0.714. The molecule has 0 heterocycles. The Morgan fingerprint density at radius 3 is 2.30 bits per heavy atom. The first-order chi connectivity index (χ1) is 4.57. The summed E-state index contributed by atoms with van der Waals surface area (Å²) in [7, 11) is 3.70. The van der Waals surface area contributed by atoms with Crippen molar-refractivity contribution in [3.8, 4) is 0 Å². The van der Waals surface area contributed by atoms with Crippen LogP contribution in [0.15, 0.2) is 0 Å². The van der Waals surface area contributed by atoms with Gasteiger partial charge in [0, 0.05) is 20.5 Å². The van der Waals surface area contributed by atoms with Crippen molar-refractivity contribution in [1.29, 1.82) is 0 Å². The number of carbonyl (C=O) groups excluding carboxylic acids is 1. The van der Waals surface area contributed by atoms with Gasteiger partial charge in [-0.15, -0.1) is 0 Å². The highest BCUT2D eigenvalue weighted by Gasteiger charge is 2.03. The Labute approximate surface area is 67.2 Å². The maximum absolute atomic E-state index is 10.8. The summed E-state index contributed by atoms with van der Waals surface area (Å²) in [6.45, 7) is 1.85. The van der Waals surface area contributed by atoms with Crippen molar-refractivity contribution >= 4 is 23.0 Å². The number of thiocarbonyl (C=S) groups is 1. The molecule has 0 unspecified atom stereocenters. The van der Waals surface area contributed by atoms with Crippen molar-refractivity contribution in [3.05, 3.63) is 0 Å². The van der Waals surface area contributed by atoms with Crippen molar-refractivity contribution in [2.24, 2.45) is 0 Å². The molecule has 2 nitrogen and oxygen atoms in total. The van der Waals surface area contributed by atoms with Gasteiger partial charge in [0.15, 0.2) is 0 Å². The van der Waals surface area contributed by atoms with Crippen molar-refractivity contribution in [1.82, 2.24) is 4.90 Å². The van der Waals surface area contributed by atoms with Gasteiger partial charge in [0.2, 0.25) is 0 Å². The minimum atomic E-state index is 0.207. The van der Waals surface area contributed by atoms with Gasteiger partial charge in [0.05, 0.1) is 11.4 Å². The van der Waals surface area contributed by atoms with Gasteiger partial charge in [0.1, 0.15) is 5.78 Å². The summed E-state index contributed by atoms with van der Waals surface area (Å²) in [5, 5.41) is 0. The number of carbonyl (C=O) groups is 1. The molecule has 0 N–H and O–H groups in total. The standard InChI is InChI=1S/C7H13NOS/c1-4-6(9)5-7(10)8(2)3/h4-5H2,1-3H3. The van der Waals surface area contributed by atoms with Crippen molar-refractivity contribution in [2.75, 3.05) is 14.1 Å².